The van der Waals surface area contributed by atoms with E-state index >= 15 is 0 Å². The summed E-state index contributed by atoms with van der Waals surface area (Å²) in [6, 6.07) is 8.07. The number of imidazole rings is 1. The first-order valence-corrected chi connectivity index (χ1v) is 8.46. The molecule has 5 nitrogen and oxygen atoms in total. The number of rotatable bonds is 5. The molecule has 1 aliphatic rings. The largest absolute Gasteiger partial charge is 0.339 e. The van der Waals surface area contributed by atoms with Crippen molar-refractivity contribution < 1.29 is 4.79 Å². The van der Waals surface area contributed by atoms with Crippen molar-refractivity contribution in [3.8, 4) is 5.69 Å². The number of carbonyl (C=O) groups excluding carboxylic acids is 1. The van der Waals surface area contributed by atoms with Crippen LogP contribution in [0.15, 0.2) is 49.1 Å². The molecule has 1 fully saturated rings. The Hall–Kier alpha value is -2.40. The number of amides is 1. The quantitative estimate of drug-likeness (QED) is 0.859. The monoisotopic (exact) mass is 324 g/mol. The molecular formula is C19H24N4O. The zero-order valence-corrected chi connectivity index (χ0v) is 14.1. The van der Waals surface area contributed by atoms with Gasteiger partial charge in [-0.2, -0.15) is 0 Å². The van der Waals surface area contributed by atoms with Gasteiger partial charge in [0.15, 0.2) is 0 Å². The molecule has 0 spiro atoms. The Labute approximate surface area is 143 Å². The SMILES string of the molecule is CNCC1CCCN(C(=O)/C=C/c2ccc(-n3ccnc3)cc2)C1. The molecule has 0 bridgehead atoms. The van der Waals surface area contributed by atoms with Crippen molar-refractivity contribution in [2.45, 2.75) is 12.8 Å². The zero-order chi connectivity index (χ0) is 16.8. The van der Waals surface area contributed by atoms with Crippen LogP contribution in [0.3, 0.4) is 0 Å². The van der Waals surface area contributed by atoms with Crippen LogP contribution in [-0.2, 0) is 4.79 Å². The van der Waals surface area contributed by atoms with Crippen molar-refractivity contribution in [2.24, 2.45) is 5.92 Å². The van der Waals surface area contributed by atoms with Crippen molar-refractivity contribution >= 4 is 12.0 Å². The molecule has 1 aromatic carbocycles. The fourth-order valence-electron chi connectivity index (χ4n) is 3.16. The summed E-state index contributed by atoms with van der Waals surface area (Å²) in [5.74, 6) is 0.671. The van der Waals surface area contributed by atoms with Crippen LogP contribution < -0.4 is 5.32 Å². The lowest BCUT2D eigenvalue weighted by atomic mass is 9.98. The molecule has 1 saturated heterocycles. The smallest absolute Gasteiger partial charge is 0.246 e. The Balaban J connectivity index is 1.59. The maximum absolute atomic E-state index is 12.4. The molecule has 0 aliphatic carbocycles. The van der Waals surface area contributed by atoms with Crippen LogP contribution >= 0.6 is 0 Å². The van der Waals surface area contributed by atoms with E-state index in [4.69, 9.17) is 0 Å². The Morgan fingerprint density at radius 1 is 1.38 bits per heavy atom. The van der Waals surface area contributed by atoms with E-state index in [0.29, 0.717) is 5.92 Å². The molecule has 1 unspecified atom stereocenters. The summed E-state index contributed by atoms with van der Waals surface area (Å²) < 4.78 is 1.95. The molecule has 2 heterocycles. The third kappa shape index (κ3) is 4.11. The number of nitrogens with zero attached hydrogens (tertiary/aromatic N) is 3. The number of aromatic nitrogens is 2. The van der Waals surface area contributed by atoms with Gasteiger partial charge in [-0.1, -0.05) is 12.1 Å². The number of piperidine rings is 1. The van der Waals surface area contributed by atoms with Crippen LogP contribution in [0.2, 0.25) is 0 Å². The molecule has 5 heteroatoms. The van der Waals surface area contributed by atoms with Gasteiger partial charge in [-0.25, -0.2) is 4.98 Å². The second-order valence-electron chi connectivity index (χ2n) is 6.25. The van der Waals surface area contributed by atoms with E-state index in [2.05, 4.69) is 10.3 Å². The van der Waals surface area contributed by atoms with Gasteiger partial charge in [0.25, 0.3) is 0 Å². The van der Waals surface area contributed by atoms with E-state index in [1.165, 1.54) is 6.42 Å². The Morgan fingerprint density at radius 3 is 2.92 bits per heavy atom. The number of hydrogen-bond donors (Lipinski definition) is 1. The molecule has 0 saturated carbocycles. The van der Waals surface area contributed by atoms with Gasteiger partial charge in [-0.3, -0.25) is 4.79 Å². The van der Waals surface area contributed by atoms with E-state index in [0.717, 1.165) is 37.3 Å². The zero-order valence-electron chi connectivity index (χ0n) is 14.1. The van der Waals surface area contributed by atoms with Crippen molar-refractivity contribution in [3.05, 3.63) is 54.6 Å². The molecule has 1 atom stereocenters. The summed E-state index contributed by atoms with van der Waals surface area (Å²) >= 11 is 0. The maximum atomic E-state index is 12.4. The number of likely N-dealkylation sites (tertiary alicyclic amines) is 1. The third-order valence-corrected chi connectivity index (χ3v) is 4.44. The Kier molecular flexibility index (Phi) is 5.43. The topological polar surface area (TPSA) is 50.2 Å². The summed E-state index contributed by atoms with van der Waals surface area (Å²) in [7, 11) is 1.97. The van der Waals surface area contributed by atoms with Crippen molar-refractivity contribution in [1.29, 1.82) is 0 Å². The molecule has 3 rings (SSSR count). The second-order valence-corrected chi connectivity index (χ2v) is 6.25. The lowest BCUT2D eigenvalue weighted by molar-refractivity contribution is -0.127. The fourth-order valence-corrected chi connectivity index (χ4v) is 3.16. The van der Waals surface area contributed by atoms with E-state index in [1.54, 1.807) is 18.6 Å². The summed E-state index contributed by atoms with van der Waals surface area (Å²) in [5.41, 5.74) is 2.08. The standard InChI is InChI=1S/C19H24N4O/c1-20-13-17-3-2-11-22(14-17)19(24)9-6-16-4-7-18(8-5-16)23-12-10-21-15-23/h4-10,12,15,17,20H,2-3,11,13-14H2,1H3/b9-6+. The highest BCUT2D eigenvalue weighted by Crippen LogP contribution is 2.16. The molecule has 1 amide bonds. The second kappa shape index (κ2) is 7.93. The lowest BCUT2D eigenvalue weighted by Crippen LogP contribution is -2.41. The van der Waals surface area contributed by atoms with E-state index in [-0.39, 0.29) is 5.91 Å². The first-order valence-electron chi connectivity index (χ1n) is 8.46. The maximum Gasteiger partial charge on any atom is 0.246 e. The molecule has 24 heavy (non-hydrogen) atoms. The summed E-state index contributed by atoms with van der Waals surface area (Å²) in [4.78, 5) is 18.4. The van der Waals surface area contributed by atoms with Gasteiger partial charge >= 0.3 is 0 Å². The molecule has 2 aromatic rings. The lowest BCUT2D eigenvalue weighted by Gasteiger charge is -2.32. The first kappa shape index (κ1) is 16.5. The number of carbonyl (C=O) groups is 1. The van der Waals surface area contributed by atoms with E-state index < -0.39 is 0 Å². The molecule has 1 aliphatic heterocycles. The predicted octanol–water partition coefficient (Wildman–Crippen LogP) is 2.34. The minimum Gasteiger partial charge on any atom is -0.339 e. The van der Waals surface area contributed by atoms with E-state index in [1.807, 2.05) is 53.1 Å². The van der Waals surface area contributed by atoms with Gasteiger partial charge in [0, 0.05) is 37.2 Å². The van der Waals surface area contributed by atoms with Gasteiger partial charge in [0.05, 0.1) is 6.33 Å². The molecule has 1 aromatic heterocycles. The van der Waals surface area contributed by atoms with Crippen LogP contribution in [0.1, 0.15) is 18.4 Å². The number of nitrogens with one attached hydrogen (secondary N) is 1. The van der Waals surface area contributed by atoms with Gasteiger partial charge < -0.3 is 14.8 Å². The van der Waals surface area contributed by atoms with Crippen LogP contribution in [-0.4, -0.2) is 47.0 Å². The van der Waals surface area contributed by atoms with Gasteiger partial charge in [-0.05, 0) is 56.1 Å². The van der Waals surface area contributed by atoms with Crippen LogP contribution in [0, 0.1) is 5.92 Å². The first-order chi connectivity index (χ1) is 11.8. The minimum atomic E-state index is 0.106. The highest BCUT2D eigenvalue weighted by molar-refractivity contribution is 5.91. The summed E-state index contributed by atoms with van der Waals surface area (Å²) in [6.45, 7) is 2.69. The normalized spacial score (nSPS) is 18.2. The van der Waals surface area contributed by atoms with E-state index in [9.17, 15) is 4.79 Å². The molecule has 0 radical (unpaired) electrons. The van der Waals surface area contributed by atoms with Crippen molar-refractivity contribution in [2.75, 3.05) is 26.7 Å². The van der Waals surface area contributed by atoms with Crippen LogP contribution in [0.5, 0.6) is 0 Å². The predicted molar refractivity (Wildman–Crippen MR) is 95.8 cm³/mol. The summed E-state index contributed by atoms with van der Waals surface area (Å²) in [5, 5.41) is 3.21. The summed E-state index contributed by atoms with van der Waals surface area (Å²) in [6.07, 6.45) is 11.3. The highest BCUT2D eigenvalue weighted by atomic mass is 16.2. The number of benzene rings is 1. The van der Waals surface area contributed by atoms with Crippen molar-refractivity contribution in [1.82, 2.24) is 19.8 Å². The third-order valence-electron chi connectivity index (χ3n) is 4.44. The average molecular weight is 324 g/mol. The van der Waals surface area contributed by atoms with Crippen LogP contribution in [0.25, 0.3) is 11.8 Å². The van der Waals surface area contributed by atoms with Gasteiger partial charge in [-0.15, -0.1) is 0 Å². The molecule has 126 valence electrons. The van der Waals surface area contributed by atoms with Crippen molar-refractivity contribution in [3.63, 3.8) is 0 Å². The Bertz CT molecular complexity index is 674. The molecular weight excluding hydrogens is 300 g/mol. The minimum absolute atomic E-state index is 0.106. The fraction of sp³-hybridized carbons (Fsp3) is 0.368. The van der Waals surface area contributed by atoms with Gasteiger partial charge in [0.1, 0.15) is 0 Å². The average Bonchev–Trinajstić information content (AvgIpc) is 3.15. The van der Waals surface area contributed by atoms with Crippen LogP contribution in [0.4, 0.5) is 0 Å². The highest BCUT2D eigenvalue weighted by Gasteiger charge is 2.21. The molecule has 1 N–H and O–H groups in total. The Morgan fingerprint density at radius 2 is 2.21 bits per heavy atom. The number of hydrogen-bond acceptors (Lipinski definition) is 3. The van der Waals surface area contributed by atoms with Gasteiger partial charge in [0.2, 0.25) is 5.91 Å².